The van der Waals surface area contributed by atoms with Crippen molar-refractivity contribution in [2.75, 3.05) is 0 Å². The van der Waals surface area contributed by atoms with Crippen molar-refractivity contribution in [3.63, 3.8) is 0 Å². The lowest BCUT2D eigenvalue weighted by molar-refractivity contribution is -0.386. The lowest BCUT2D eigenvalue weighted by Crippen LogP contribution is -1.99. The maximum absolute atomic E-state index is 11.0. The van der Waals surface area contributed by atoms with E-state index >= 15 is 0 Å². The predicted molar refractivity (Wildman–Crippen MR) is 82.1 cm³/mol. The van der Waals surface area contributed by atoms with Gasteiger partial charge in [0.1, 0.15) is 6.61 Å². The first-order valence-electron chi connectivity index (χ1n) is 5.29. The second-order valence-corrected chi connectivity index (χ2v) is 6.09. The summed E-state index contributed by atoms with van der Waals surface area (Å²) >= 11 is 8.22. The summed E-state index contributed by atoms with van der Waals surface area (Å²) in [6.45, 7) is 0.312. The number of thiophene rings is 1. The molecule has 4 nitrogen and oxygen atoms in total. The third-order valence-electron chi connectivity index (χ3n) is 2.42. The first kappa shape index (κ1) is 14.5. The molecule has 1 heterocycles. The Balaban J connectivity index is 2.20. The Morgan fingerprint density at radius 1 is 1.37 bits per heavy atom. The number of nitrogens with zero attached hydrogens (tertiary/aromatic N) is 1. The molecular formula is C12H9Br2NO3S. The number of hydrogen-bond acceptors (Lipinski definition) is 4. The monoisotopic (exact) mass is 405 g/mol. The zero-order valence-corrected chi connectivity index (χ0v) is 13.6. The molecule has 0 bridgehead atoms. The molecule has 0 unspecified atom stereocenters. The number of alkyl halides is 1. The minimum Gasteiger partial charge on any atom is -0.481 e. The van der Waals surface area contributed by atoms with Crippen LogP contribution in [0.25, 0.3) is 0 Å². The van der Waals surface area contributed by atoms with E-state index in [4.69, 9.17) is 4.74 Å². The van der Waals surface area contributed by atoms with Gasteiger partial charge in [0.05, 0.1) is 9.80 Å². The molecule has 0 N–H and O–H groups in total. The summed E-state index contributed by atoms with van der Waals surface area (Å²) in [6, 6.07) is 6.88. The molecular weight excluding hydrogens is 398 g/mol. The van der Waals surface area contributed by atoms with Crippen LogP contribution in [0.1, 0.15) is 10.4 Å². The van der Waals surface area contributed by atoms with Crippen molar-refractivity contribution in [3.8, 4) is 5.75 Å². The zero-order valence-electron chi connectivity index (χ0n) is 9.64. The van der Waals surface area contributed by atoms with E-state index in [0.29, 0.717) is 11.9 Å². The molecule has 0 aliphatic carbocycles. The van der Waals surface area contributed by atoms with Crippen molar-refractivity contribution in [2.45, 2.75) is 11.9 Å². The number of benzene rings is 1. The number of nitro groups is 1. The van der Waals surface area contributed by atoms with Crippen LogP contribution in [0.4, 0.5) is 5.69 Å². The summed E-state index contributed by atoms with van der Waals surface area (Å²) in [5, 5.41) is 13.5. The van der Waals surface area contributed by atoms with Crippen molar-refractivity contribution in [1.29, 1.82) is 0 Å². The third-order valence-corrected chi connectivity index (χ3v) is 4.97. The van der Waals surface area contributed by atoms with E-state index in [1.165, 1.54) is 6.07 Å². The number of ether oxygens (including phenoxy) is 1. The summed E-state index contributed by atoms with van der Waals surface area (Å²) in [4.78, 5) is 11.6. The lowest BCUT2D eigenvalue weighted by Gasteiger charge is -2.07. The highest BCUT2D eigenvalue weighted by Gasteiger charge is 2.16. The zero-order chi connectivity index (χ0) is 13.8. The lowest BCUT2D eigenvalue weighted by atomic mass is 10.2. The standard InChI is InChI=1S/C12H9Br2NO3S/c13-6-8-1-2-11(10(5-8)15(16)17)18-7-12-9(14)3-4-19-12/h1-5H,6-7H2. The van der Waals surface area contributed by atoms with E-state index in [9.17, 15) is 10.1 Å². The first-order valence-corrected chi connectivity index (χ1v) is 8.09. The average Bonchev–Trinajstić information content (AvgIpc) is 2.81. The molecule has 0 aliphatic rings. The van der Waals surface area contributed by atoms with Crippen LogP contribution in [0.2, 0.25) is 0 Å². The number of rotatable bonds is 5. The maximum Gasteiger partial charge on any atom is 0.311 e. The fourth-order valence-corrected chi connectivity index (χ4v) is 3.21. The Morgan fingerprint density at radius 3 is 2.74 bits per heavy atom. The normalized spacial score (nSPS) is 10.4. The molecule has 0 amide bonds. The van der Waals surface area contributed by atoms with Gasteiger partial charge in [-0.05, 0) is 39.0 Å². The van der Waals surface area contributed by atoms with E-state index in [1.807, 2.05) is 11.4 Å². The summed E-state index contributed by atoms with van der Waals surface area (Å²) in [5.74, 6) is 0.287. The van der Waals surface area contributed by atoms with Gasteiger partial charge in [-0.15, -0.1) is 11.3 Å². The van der Waals surface area contributed by atoms with Crippen LogP contribution >= 0.6 is 43.2 Å². The van der Waals surface area contributed by atoms with Crippen molar-refractivity contribution in [2.24, 2.45) is 0 Å². The molecule has 0 aliphatic heterocycles. The number of hydrogen-bond donors (Lipinski definition) is 0. The van der Waals surface area contributed by atoms with Gasteiger partial charge in [-0.1, -0.05) is 22.0 Å². The predicted octanol–water partition coefficient (Wildman–Crippen LogP) is 4.89. The molecule has 19 heavy (non-hydrogen) atoms. The van der Waals surface area contributed by atoms with Crippen LogP contribution in [-0.4, -0.2) is 4.92 Å². The van der Waals surface area contributed by atoms with Crippen LogP contribution in [0, 0.1) is 10.1 Å². The quantitative estimate of drug-likeness (QED) is 0.403. The van der Waals surface area contributed by atoms with Gasteiger partial charge in [0.25, 0.3) is 0 Å². The van der Waals surface area contributed by atoms with Gasteiger partial charge in [-0.25, -0.2) is 0 Å². The molecule has 0 spiro atoms. The molecule has 7 heteroatoms. The highest BCUT2D eigenvalue weighted by atomic mass is 79.9. The van der Waals surface area contributed by atoms with Crippen LogP contribution in [0.15, 0.2) is 34.1 Å². The van der Waals surface area contributed by atoms with Crippen molar-refractivity contribution in [3.05, 3.63) is 54.7 Å². The van der Waals surface area contributed by atoms with Gasteiger partial charge >= 0.3 is 5.69 Å². The summed E-state index contributed by atoms with van der Waals surface area (Å²) in [7, 11) is 0. The van der Waals surface area contributed by atoms with Crippen LogP contribution in [0.3, 0.4) is 0 Å². The van der Waals surface area contributed by atoms with Gasteiger partial charge in [0.2, 0.25) is 0 Å². The molecule has 2 rings (SSSR count). The molecule has 100 valence electrons. The Morgan fingerprint density at radius 2 is 2.16 bits per heavy atom. The Labute approximate surface area is 130 Å². The largest absolute Gasteiger partial charge is 0.481 e. The first-order chi connectivity index (χ1) is 9.11. The van der Waals surface area contributed by atoms with Crippen molar-refractivity contribution in [1.82, 2.24) is 0 Å². The van der Waals surface area contributed by atoms with Gasteiger partial charge in [-0.2, -0.15) is 0 Å². The van der Waals surface area contributed by atoms with E-state index in [-0.39, 0.29) is 11.4 Å². The molecule has 1 aromatic heterocycles. The van der Waals surface area contributed by atoms with Crippen LogP contribution in [0.5, 0.6) is 5.75 Å². The average molecular weight is 407 g/mol. The van der Waals surface area contributed by atoms with Gasteiger partial charge in [-0.3, -0.25) is 10.1 Å². The highest BCUT2D eigenvalue weighted by Crippen LogP contribution is 2.31. The Kier molecular flexibility index (Phi) is 4.95. The van der Waals surface area contributed by atoms with Crippen molar-refractivity contribution < 1.29 is 9.66 Å². The van der Waals surface area contributed by atoms with Crippen molar-refractivity contribution >= 4 is 48.9 Å². The summed E-state index contributed by atoms with van der Waals surface area (Å²) < 4.78 is 6.50. The second-order valence-electron chi connectivity index (χ2n) is 3.67. The minimum atomic E-state index is -0.426. The topological polar surface area (TPSA) is 52.4 Å². The fourth-order valence-electron chi connectivity index (χ4n) is 1.48. The van der Waals surface area contributed by atoms with Gasteiger partial charge in [0, 0.05) is 15.9 Å². The van der Waals surface area contributed by atoms with E-state index < -0.39 is 4.92 Å². The fraction of sp³-hybridized carbons (Fsp3) is 0.167. The van der Waals surface area contributed by atoms with Crippen LogP contribution < -0.4 is 4.74 Å². The molecule has 1 aromatic carbocycles. The second kappa shape index (κ2) is 6.49. The molecule has 2 aromatic rings. The SMILES string of the molecule is O=[N+]([O-])c1cc(CBr)ccc1OCc1sccc1Br. The maximum atomic E-state index is 11.0. The summed E-state index contributed by atoms with van der Waals surface area (Å²) in [5.41, 5.74) is 0.834. The molecule has 0 atom stereocenters. The molecule has 0 radical (unpaired) electrons. The molecule has 0 saturated carbocycles. The molecule has 0 saturated heterocycles. The van der Waals surface area contributed by atoms with Gasteiger partial charge in [0.15, 0.2) is 5.75 Å². The minimum absolute atomic E-state index is 0.00960. The highest BCUT2D eigenvalue weighted by molar-refractivity contribution is 9.10. The number of nitro benzene ring substituents is 1. The van der Waals surface area contributed by atoms with Gasteiger partial charge < -0.3 is 4.74 Å². The van der Waals surface area contributed by atoms with E-state index in [0.717, 1.165) is 14.9 Å². The van der Waals surface area contributed by atoms with E-state index in [2.05, 4.69) is 31.9 Å². The smallest absolute Gasteiger partial charge is 0.311 e. The number of halogens is 2. The Bertz CT molecular complexity index is 600. The third kappa shape index (κ3) is 3.55. The van der Waals surface area contributed by atoms with E-state index in [1.54, 1.807) is 23.5 Å². The van der Waals surface area contributed by atoms with Crippen LogP contribution in [-0.2, 0) is 11.9 Å². The Hall–Kier alpha value is -0.920. The molecule has 0 fully saturated rings. The summed E-state index contributed by atoms with van der Waals surface area (Å²) in [6.07, 6.45) is 0.